The molecule has 0 atom stereocenters. The third kappa shape index (κ3) is 2.75. The van der Waals surface area contributed by atoms with Gasteiger partial charge in [-0.15, -0.1) is 0 Å². The molecule has 2 nitrogen and oxygen atoms in total. The molecule has 15 heavy (non-hydrogen) atoms. The van der Waals surface area contributed by atoms with Crippen molar-refractivity contribution in [3.8, 4) is 0 Å². The van der Waals surface area contributed by atoms with Crippen LogP contribution in [0.3, 0.4) is 0 Å². The van der Waals surface area contributed by atoms with Crippen molar-refractivity contribution >= 4 is 10.9 Å². The molecule has 0 spiro atoms. The summed E-state index contributed by atoms with van der Waals surface area (Å²) in [6, 6.07) is 6.33. The van der Waals surface area contributed by atoms with Crippen molar-refractivity contribution in [3.63, 3.8) is 0 Å². The summed E-state index contributed by atoms with van der Waals surface area (Å²) in [5, 5.41) is 1.13. The van der Waals surface area contributed by atoms with E-state index in [0.717, 1.165) is 23.1 Å². The molecule has 0 radical (unpaired) electrons. The molecule has 2 rings (SSSR count). The number of hydrogen-bond donors (Lipinski definition) is 0. The van der Waals surface area contributed by atoms with E-state index >= 15 is 0 Å². The molecule has 0 bridgehead atoms. The van der Waals surface area contributed by atoms with Crippen LogP contribution in [0.2, 0.25) is 0 Å². The summed E-state index contributed by atoms with van der Waals surface area (Å²) in [6.45, 7) is 8.06. The Morgan fingerprint density at radius 2 is 1.93 bits per heavy atom. The average Bonchev–Trinajstić information content (AvgIpc) is 2.31. The highest BCUT2D eigenvalue weighted by molar-refractivity contribution is 5.78. The molecule has 0 aliphatic carbocycles. The maximum Gasteiger partial charge on any atom is 0.125 e. The number of fused-ring (bicyclic) bond motifs is 1. The molecule has 0 aliphatic heterocycles. The van der Waals surface area contributed by atoms with Crippen molar-refractivity contribution in [2.75, 3.05) is 0 Å². The lowest BCUT2D eigenvalue weighted by molar-refractivity contribution is 1.08. The highest BCUT2D eigenvalue weighted by atomic mass is 14.9. The van der Waals surface area contributed by atoms with Crippen LogP contribution in [0.25, 0.3) is 10.9 Å². The molecule has 0 saturated heterocycles. The van der Waals surface area contributed by atoms with Crippen LogP contribution < -0.4 is 0 Å². The van der Waals surface area contributed by atoms with Crippen molar-refractivity contribution in [1.82, 2.24) is 9.97 Å². The summed E-state index contributed by atoms with van der Waals surface area (Å²) >= 11 is 0. The molecule has 2 heteroatoms. The Morgan fingerprint density at radius 1 is 1.20 bits per heavy atom. The Hall–Kier alpha value is -1.44. The SMILES string of the molecule is CC.CCc1ccc2nc(C)ncc2c1. The van der Waals surface area contributed by atoms with Crippen molar-refractivity contribution in [3.05, 3.63) is 35.8 Å². The third-order valence-corrected chi connectivity index (χ3v) is 2.17. The Balaban J connectivity index is 0.000000531. The van der Waals surface area contributed by atoms with E-state index in [1.807, 2.05) is 27.0 Å². The first kappa shape index (κ1) is 11.6. The molecule has 0 fully saturated rings. The lowest BCUT2D eigenvalue weighted by Crippen LogP contribution is -1.88. The van der Waals surface area contributed by atoms with Gasteiger partial charge in [0.25, 0.3) is 0 Å². The van der Waals surface area contributed by atoms with Crippen molar-refractivity contribution in [1.29, 1.82) is 0 Å². The summed E-state index contributed by atoms with van der Waals surface area (Å²) in [6.07, 6.45) is 2.95. The van der Waals surface area contributed by atoms with Gasteiger partial charge in [0.15, 0.2) is 0 Å². The Kier molecular flexibility index (Phi) is 4.22. The fourth-order valence-electron chi connectivity index (χ4n) is 1.40. The number of benzene rings is 1. The zero-order chi connectivity index (χ0) is 11.3. The highest BCUT2D eigenvalue weighted by Gasteiger charge is 1.96. The first-order valence-corrected chi connectivity index (χ1v) is 5.52. The van der Waals surface area contributed by atoms with Crippen LogP contribution >= 0.6 is 0 Å². The molecule has 0 aliphatic rings. The van der Waals surface area contributed by atoms with Gasteiger partial charge in [-0.25, -0.2) is 9.97 Å². The smallest absolute Gasteiger partial charge is 0.125 e. The second-order valence-corrected chi connectivity index (χ2v) is 3.16. The van der Waals surface area contributed by atoms with Crippen molar-refractivity contribution in [2.45, 2.75) is 34.1 Å². The Morgan fingerprint density at radius 3 is 2.60 bits per heavy atom. The van der Waals surface area contributed by atoms with Gasteiger partial charge in [-0.1, -0.05) is 26.8 Å². The number of nitrogens with zero attached hydrogens (tertiary/aromatic N) is 2. The summed E-state index contributed by atoms with van der Waals surface area (Å²) in [4.78, 5) is 8.51. The average molecular weight is 202 g/mol. The maximum atomic E-state index is 4.34. The lowest BCUT2D eigenvalue weighted by atomic mass is 10.1. The van der Waals surface area contributed by atoms with E-state index in [9.17, 15) is 0 Å². The second-order valence-electron chi connectivity index (χ2n) is 3.16. The van der Waals surface area contributed by atoms with Crippen molar-refractivity contribution < 1.29 is 0 Å². The number of rotatable bonds is 1. The lowest BCUT2D eigenvalue weighted by Gasteiger charge is -2.00. The maximum absolute atomic E-state index is 4.34. The molecule has 1 heterocycles. The molecule has 1 aromatic heterocycles. The molecule has 80 valence electrons. The summed E-state index contributed by atoms with van der Waals surface area (Å²) < 4.78 is 0. The summed E-state index contributed by atoms with van der Waals surface area (Å²) in [5.41, 5.74) is 2.37. The fraction of sp³-hybridized carbons (Fsp3) is 0.385. The van der Waals surface area contributed by atoms with Crippen LogP contribution in [0.1, 0.15) is 32.2 Å². The van der Waals surface area contributed by atoms with Crippen LogP contribution in [0.5, 0.6) is 0 Å². The van der Waals surface area contributed by atoms with Gasteiger partial charge in [-0.05, 0) is 31.0 Å². The minimum atomic E-state index is 0.830. The molecule has 0 saturated carbocycles. The van der Waals surface area contributed by atoms with E-state index in [4.69, 9.17) is 0 Å². The van der Waals surface area contributed by atoms with Gasteiger partial charge in [0.1, 0.15) is 5.82 Å². The number of aryl methyl sites for hydroxylation is 2. The quantitative estimate of drug-likeness (QED) is 0.707. The third-order valence-electron chi connectivity index (χ3n) is 2.17. The van der Waals surface area contributed by atoms with Gasteiger partial charge in [0.2, 0.25) is 0 Å². The zero-order valence-electron chi connectivity index (χ0n) is 9.91. The summed E-state index contributed by atoms with van der Waals surface area (Å²) in [5.74, 6) is 0.830. The van der Waals surface area contributed by atoms with Gasteiger partial charge in [-0.3, -0.25) is 0 Å². The van der Waals surface area contributed by atoms with Crippen molar-refractivity contribution in [2.24, 2.45) is 0 Å². The Labute approximate surface area is 91.4 Å². The largest absolute Gasteiger partial charge is 0.241 e. The minimum absolute atomic E-state index is 0.830. The number of hydrogen-bond acceptors (Lipinski definition) is 2. The van der Waals surface area contributed by atoms with Gasteiger partial charge in [-0.2, -0.15) is 0 Å². The topological polar surface area (TPSA) is 25.8 Å². The second kappa shape index (κ2) is 5.44. The standard InChI is InChI=1S/C11H12N2.C2H6/c1-3-9-4-5-11-10(6-9)7-12-8(2)13-11;1-2/h4-7H,3H2,1-2H3;1-2H3. The predicted molar refractivity (Wildman–Crippen MR) is 65.0 cm³/mol. The highest BCUT2D eigenvalue weighted by Crippen LogP contribution is 2.13. The molecular weight excluding hydrogens is 184 g/mol. The molecule has 0 unspecified atom stereocenters. The zero-order valence-corrected chi connectivity index (χ0v) is 9.91. The van der Waals surface area contributed by atoms with Gasteiger partial charge >= 0.3 is 0 Å². The van der Waals surface area contributed by atoms with Gasteiger partial charge < -0.3 is 0 Å². The van der Waals surface area contributed by atoms with Crippen LogP contribution in [0, 0.1) is 6.92 Å². The molecule has 2 aromatic rings. The van der Waals surface area contributed by atoms with Crippen LogP contribution in [-0.4, -0.2) is 9.97 Å². The first-order chi connectivity index (χ1) is 7.29. The number of aromatic nitrogens is 2. The summed E-state index contributed by atoms with van der Waals surface area (Å²) in [7, 11) is 0. The van der Waals surface area contributed by atoms with E-state index in [1.165, 1.54) is 5.56 Å². The minimum Gasteiger partial charge on any atom is -0.241 e. The van der Waals surface area contributed by atoms with E-state index in [1.54, 1.807) is 0 Å². The monoisotopic (exact) mass is 202 g/mol. The van der Waals surface area contributed by atoms with E-state index in [2.05, 4.69) is 35.1 Å². The van der Waals surface area contributed by atoms with E-state index in [-0.39, 0.29) is 0 Å². The van der Waals surface area contributed by atoms with E-state index < -0.39 is 0 Å². The normalized spacial score (nSPS) is 9.60. The molecular formula is C13H18N2. The molecule has 1 aromatic carbocycles. The van der Waals surface area contributed by atoms with Gasteiger partial charge in [0, 0.05) is 11.6 Å². The Bertz CT molecular complexity index is 435. The molecule has 0 amide bonds. The fourth-order valence-corrected chi connectivity index (χ4v) is 1.40. The van der Waals surface area contributed by atoms with Gasteiger partial charge in [0.05, 0.1) is 5.52 Å². The first-order valence-electron chi connectivity index (χ1n) is 5.52. The van der Waals surface area contributed by atoms with E-state index in [0.29, 0.717) is 0 Å². The predicted octanol–water partition coefficient (Wildman–Crippen LogP) is 3.53. The molecule has 0 N–H and O–H groups in total. The van der Waals surface area contributed by atoms with Crippen LogP contribution in [0.15, 0.2) is 24.4 Å². The van der Waals surface area contributed by atoms with Crippen LogP contribution in [0.4, 0.5) is 0 Å². The van der Waals surface area contributed by atoms with Crippen LogP contribution in [-0.2, 0) is 6.42 Å².